The minimum absolute atomic E-state index is 0.00956. The molecule has 0 unspecified atom stereocenters. The lowest BCUT2D eigenvalue weighted by atomic mass is 9.95. The van der Waals surface area contributed by atoms with Gasteiger partial charge < -0.3 is 9.55 Å². The summed E-state index contributed by atoms with van der Waals surface area (Å²) in [7, 11) is 0. The lowest BCUT2D eigenvalue weighted by Crippen LogP contribution is -2.11. The van der Waals surface area contributed by atoms with Crippen LogP contribution in [0.4, 0.5) is 4.39 Å². The summed E-state index contributed by atoms with van der Waals surface area (Å²) in [6.45, 7) is 0. The van der Waals surface area contributed by atoms with Gasteiger partial charge in [0.05, 0.1) is 47.2 Å². The van der Waals surface area contributed by atoms with Crippen molar-refractivity contribution in [1.29, 1.82) is 5.26 Å². The molecule has 0 spiro atoms. The van der Waals surface area contributed by atoms with Gasteiger partial charge in [-0.15, -0.1) is 0 Å². The third-order valence-electron chi connectivity index (χ3n) is 5.87. The van der Waals surface area contributed by atoms with Crippen LogP contribution in [0.2, 0.25) is 0 Å². The zero-order valence-electron chi connectivity index (χ0n) is 15.5. The van der Waals surface area contributed by atoms with Crippen LogP contribution in [0, 0.1) is 17.1 Å². The Bertz CT molecular complexity index is 1210. The second-order valence-electron chi connectivity index (χ2n) is 7.49. The van der Waals surface area contributed by atoms with E-state index < -0.39 is 0 Å². The van der Waals surface area contributed by atoms with E-state index in [9.17, 15) is 4.39 Å². The molecule has 1 fully saturated rings. The zero-order valence-corrected chi connectivity index (χ0v) is 15.5. The summed E-state index contributed by atoms with van der Waals surface area (Å²) < 4.78 is 17.0. The fraction of sp³-hybridized carbons (Fsp3) is 0.318. The van der Waals surface area contributed by atoms with Crippen LogP contribution in [0.5, 0.6) is 0 Å². The van der Waals surface area contributed by atoms with Crippen LogP contribution >= 0.6 is 0 Å². The average Bonchev–Trinajstić information content (AvgIpc) is 3.37. The van der Waals surface area contributed by atoms with Crippen molar-refractivity contribution in [1.82, 2.24) is 19.5 Å². The van der Waals surface area contributed by atoms with Gasteiger partial charge >= 0.3 is 0 Å². The number of rotatable bonds is 3. The molecule has 1 N–H and O–H groups in total. The first kappa shape index (κ1) is 16.9. The first-order chi connectivity index (χ1) is 13.8. The number of hydrogen-bond acceptors (Lipinski definition) is 3. The maximum atomic E-state index is 14.7. The molecule has 6 heteroatoms. The molecule has 2 heterocycles. The predicted octanol–water partition coefficient (Wildman–Crippen LogP) is 5.29. The Morgan fingerprint density at radius 1 is 1.18 bits per heavy atom. The SMILES string of the molecule is N#CCc1c(F)cc(-c2ccc3c(c2)ncn3C2CCCCC2)c2nc[nH]c12. The molecule has 140 valence electrons. The van der Waals surface area contributed by atoms with Gasteiger partial charge in [0.1, 0.15) is 5.82 Å². The van der Waals surface area contributed by atoms with Crippen molar-refractivity contribution in [3.05, 3.63) is 48.3 Å². The molecule has 5 rings (SSSR count). The summed E-state index contributed by atoms with van der Waals surface area (Å²) in [6.07, 6.45) is 9.76. The number of hydrogen-bond donors (Lipinski definition) is 1. The Labute approximate surface area is 161 Å². The monoisotopic (exact) mass is 373 g/mol. The van der Waals surface area contributed by atoms with E-state index in [0.29, 0.717) is 28.2 Å². The van der Waals surface area contributed by atoms with Gasteiger partial charge in [-0.1, -0.05) is 25.3 Å². The highest BCUT2D eigenvalue weighted by Crippen LogP contribution is 2.35. The topological polar surface area (TPSA) is 70.3 Å². The first-order valence-corrected chi connectivity index (χ1v) is 9.74. The minimum atomic E-state index is -0.388. The third kappa shape index (κ3) is 2.66. The number of imidazole rings is 2. The Balaban J connectivity index is 1.61. The average molecular weight is 373 g/mol. The van der Waals surface area contributed by atoms with Crippen molar-refractivity contribution < 1.29 is 4.39 Å². The van der Waals surface area contributed by atoms with Gasteiger partial charge in [0.25, 0.3) is 0 Å². The van der Waals surface area contributed by atoms with E-state index in [1.807, 2.05) is 24.5 Å². The fourth-order valence-electron chi connectivity index (χ4n) is 4.45. The number of aromatic amines is 1. The fourth-order valence-corrected chi connectivity index (χ4v) is 4.45. The van der Waals surface area contributed by atoms with Crippen molar-refractivity contribution in [2.75, 3.05) is 0 Å². The highest BCUT2D eigenvalue weighted by atomic mass is 19.1. The molecule has 4 aromatic rings. The van der Waals surface area contributed by atoms with Crippen LogP contribution in [0.25, 0.3) is 33.2 Å². The van der Waals surface area contributed by atoms with Gasteiger partial charge in [-0.2, -0.15) is 5.26 Å². The number of nitriles is 1. The largest absolute Gasteiger partial charge is 0.344 e. The summed E-state index contributed by atoms with van der Waals surface area (Å²) in [5.74, 6) is -0.388. The van der Waals surface area contributed by atoms with Gasteiger partial charge in [0.15, 0.2) is 0 Å². The molecule has 0 amide bonds. The van der Waals surface area contributed by atoms with Crippen LogP contribution in [-0.2, 0) is 6.42 Å². The van der Waals surface area contributed by atoms with Crippen LogP contribution in [0.3, 0.4) is 0 Å². The molecule has 0 bridgehead atoms. The maximum absolute atomic E-state index is 14.7. The third-order valence-corrected chi connectivity index (χ3v) is 5.87. The van der Waals surface area contributed by atoms with Gasteiger partial charge in [-0.3, -0.25) is 0 Å². The number of nitrogens with one attached hydrogen (secondary N) is 1. The minimum Gasteiger partial charge on any atom is -0.344 e. The summed E-state index contributed by atoms with van der Waals surface area (Å²) in [6, 6.07) is 10.1. The molecule has 0 saturated heterocycles. The quantitative estimate of drug-likeness (QED) is 0.530. The highest BCUT2D eigenvalue weighted by Gasteiger charge is 2.19. The van der Waals surface area contributed by atoms with E-state index in [1.165, 1.54) is 38.2 Å². The molecule has 1 saturated carbocycles. The van der Waals surface area contributed by atoms with Crippen molar-refractivity contribution in [2.45, 2.75) is 44.6 Å². The molecule has 0 radical (unpaired) electrons. The second kappa shape index (κ2) is 6.75. The van der Waals surface area contributed by atoms with Gasteiger partial charge in [-0.05, 0) is 36.6 Å². The van der Waals surface area contributed by atoms with Gasteiger partial charge in [-0.25, -0.2) is 14.4 Å². The standard InChI is InChI=1S/C22H20FN5/c23-18-11-17(22-21(25-12-26-22)16(18)8-9-24)14-6-7-20-19(10-14)27-13-28(20)15-4-2-1-3-5-15/h6-7,10-13,15H,1-5,8H2,(H,25,26). The molecule has 1 aliphatic carbocycles. The molecule has 0 atom stereocenters. The van der Waals surface area contributed by atoms with Crippen LogP contribution < -0.4 is 0 Å². The summed E-state index contributed by atoms with van der Waals surface area (Å²) >= 11 is 0. The number of aromatic nitrogens is 4. The van der Waals surface area contributed by atoms with E-state index in [1.54, 1.807) is 6.33 Å². The van der Waals surface area contributed by atoms with Crippen LogP contribution in [0.1, 0.15) is 43.7 Å². The molecule has 2 aromatic carbocycles. The van der Waals surface area contributed by atoms with E-state index >= 15 is 0 Å². The number of benzene rings is 2. The molecule has 0 aliphatic heterocycles. The van der Waals surface area contributed by atoms with E-state index in [4.69, 9.17) is 5.26 Å². The Morgan fingerprint density at radius 3 is 2.86 bits per heavy atom. The second-order valence-corrected chi connectivity index (χ2v) is 7.49. The lowest BCUT2D eigenvalue weighted by Gasteiger charge is -2.23. The highest BCUT2D eigenvalue weighted by molar-refractivity contribution is 5.96. The molecule has 28 heavy (non-hydrogen) atoms. The van der Waals surface area contributed by atoms with Gasteiger partial charge in [0, 0.05) is 17.2 Å². The van der Waals surface area contributed by atoms with Crippen molar-refractivity contribution in [3.63, 3.8) is 0 Å². The molecule has 1 aliphatic rings. The Hall–Kier alpha value is -3.20. The lowest BCUT2D eigenvalue weighted by molar-refractivity contribution is 0.359. The molecule has 2 aromatic heterocycles. The molecular weight excluding hydrogens is 353 g/mol. The predicted molar refractivity (Wildman–Crippen MR) is 106 cm³/mol. The smallest absolute Gasteiger partial charge is 0.130 e. The number of fused-ring (bicyclic) bond motifs is 2. The summed E-state index contributed by atoms with van der Waals surface area (Å²) in [5, 5.41) is 8.99. The van der Waals surface area contributed by atoms with E-state index in [0.717, 1.165) is 16.6 Å². The molecule has 5 nitrogen and oxygen atoms in total. The van der Waals surface area contributed by atoms with Gasteiger partial charge in [0.2, 0.25) is 0 Å². The number of halogens is 1. The molecular formula is C22H20FN5. The van der Waals surface area contributed by atoms with Crippen molar-refractivity contribution >= 4 is 22.1 Å². The van der Waals surface area contributed by atoms with E-state index in [2.05, 4.69) is 25.6 Å². The first-order valence-electron chi connectivity index (χ1n) is 9.74. The summed E-state index contributed by atoms with van der Waals surface area (Å²) in [5.41, 5.74) is 5.25. The Kier molecular flexibility index (Phi) is 4.09. The zero-order chi connectivity index (χ0) is 19.1. The van der Waals surface area contributed by atoms with Crippen molar-refractivity contribution in [3.8, 4) is 17.2 Å². The normalized spacial score (nSPS) is 15.3. The Morgan fingerprint density at radius 2 is 2.04 bits per heavy atom. The van der Waals surface area contributed by atoms with Crippen LogP contribution in [-0.4, -0.2) is 19.5 Å². The summed E-state index contributed by atoms with van der Waals surface area (Å²) in [4.78, 5) is 12.0. The maximum Gasteiger partial charge on any atom is 0.130 e. The number of H-pyrrole nitrogens is 1. The van der Waals surface area contributed by atoms with Crippen LogP contribution in [0.15, 0.2) is 36.9 Å². The van der Waals surface area contributed by atoms with E-state index in [-0.39, 0.29) is 12.2 Å². The van der Waals surface area contributed by atoms with Crippen molar-refractivity contribution in [2.24, 2.45) is 0 Å². The number of nitrogens with zero attached hydrogens (tertiary/aromatic N) is 4.